The van der Waals surface area contributed by atoms with Crippen LogP contribution in [0.1, 0.15) is 5.69 Å². The lowest BCUT2D eigenvalue weighted by Gasteiger charge is -1.96. The molecule has 0 spiro atoms. The summed E-state index contributed by atoms with van der Waals surface area (Å²) in [7, 11) is 1.88. The van der Waals surface area contributed by atoms with Crippen molar-refractivity contribution in [1.29, 1.82) is 0 Å². The lowest BCUT2D eigenvalue weighted by molar-refractivity contribution is 0.450. The molecule has 0 amide bonds. The SMILES string of the molecule is CNc1ccc2c(C)noc2c1. The second-order valence-corrected chi connectivity index (χ2v) is 2.73. The Bertz CT molecular complexity index is 406. The molecule has 1 heterocycles. The molecule has 0 aliphatic carbocycles. The fourth-order valence-corrected chi connectivity index (χ4v) is 1.22. The first-order valence-corrected chi connectivity index (χ1v) is 3.85. The van der Waals surface area contributed by atoms with Gasteiger partial charge >= 0.3 is 0 Å². The van der Waals surface area contributed by atoms with Gasteiger partial charge in [-0.2, -0.15) is 0 Å². The topological polar surface area (TPSA) is 38.1 Å². The quantitative estimate of drug-likeness (QED) is 0.698. The molecule has 2 aromatic rings. The summed E-state index contributed by atoms with van der Waals surface area (Å²) in [6, 6.07) is 5.95. The summed E-state index contributed by atoms with van der Waals surface area (Å²) in [6.07, 6.45) is 0. The van der Waals surface area contributed by atoms with Crippen LogP contribution in [-0.2, 0) is 0 Å². The Labute approximate surface area is 70.4 Å². The van der Waals surface area contributed by atoms with E-state index in [2.05, 4.69) is 10.5 Å². The fraction of sp³-hybridized carbons (Fsp3) is 0.222. The molecule has 2 rings (SSSR count). The first-order valence-electron chi connectivity index (χ1n) is 3.85. The van der Waals surface area contributed by atoms with Gasteiger partial charge in [0, 0.05) is 24.2 Å². The third-order valence-corrected chi connectivity index (χ3v) is 1.94. The molecule has 0 saturated heterocycles. The van der Waals surface area contributed by atoms with Gasteiger partial charge in [0.15, 0.2) is 5.58 Å². The van der Waals surface area contributed by atoms with Gasteiger partial charge in [0.05, 0.1) is 5.69 Å². The number of hydrogen-bond donors (Lipinski definition) is 1. The van der Waals surface area contributed by atoms with Gasteiger partial charge in [-0.1, -0.05) is 5.16 Å². The van der Waals surface area contributed by atoms with E-state index in [-0.39, 0.29) is 0 Å². The van der Waals surface area contributed by atoms with Crippen molar-refractivity contribution >= 4 is 16.7 Å². The molecule has 0 aliphatic heterocycles. The molecule has 1 aromatic heterocycles. The van der Waals surface area contributed by atoms with E-state index in [1.165, 1.54) is 0 Å². The largest absolute Gasteiger partial charge is 0.388 e. The minimum atomic E-state index is 0.833. The molecule has 0 atom stereocenters. The van der Waals surface area contributed by atoms with Crippen LogP contribution in [0.3, 0.4) is 0 Å². The van der Waals surface area contributed by atoms with Crippen molar-refractivity contribution < 1.29 is 4.52 Å². The molecule has 1 N–H and O–H groups in total. The molecule has 0 radical (unpaired) electrons. The molecule has 0 bridgehead atoms. The highest BCUT2D eigenvalue weighted by Gasteiger charge is 2.02. The Balaban J connectivity index is 2.69. The number of aryl methyl sites for hydroxylation is 1. The van der Waals surface area contributed by atoms with Crippen molar-refractivity contribution in [1.82, 2.24) is 5.16 Å². The van der Waals surface area contributed by atoms with Gasteiger partial charge < -0.3 is 9.84 Å². The number of rotatable bonds is 1. The summed E-state index contributed by atoms with van der Waals surface area (Å²) in [5, 5.41) is 7.99. The van der Waals surface area contributed by atoms with Gasteiger partial charge in [-0.3, -0.25) is 0 Å². The lowest BCUT2D eigenvalue weighted by Crippen LogP contribution is -1.85. The van der Waals surface area contributed by atoms with E-state index in [4.69, 9.17) is 4.52 Å². The summed E-state index contributed by atoms with van der Waals surface area (Å²) in [5.74, 6) is 0. The van der Waals surface area contributed by atoms with Gasteiger partial charge in [0.2, 0.25) is 0 Å². The standard InChI is InChI=1S/C9H10N2O/c1-6-8-4-3-7(10-2)5-9(8)12-11-6/h3-5,10H,1-2H3. The number of anilines is 1. The summed E-state index contributed by atoms with van der Waals surface area (Å²) in [5.41, 5.74) is 2.81. The van der Waals surface area contributed by atoms with E-state index in [1.807, 2.05) is 32.2 Å². The maximum atomic E-state index is 5.10. The van der Waals surface area contributed by atoms with Crippen LogP contribution in [0.5, 0.6) is 0 Å². The van der Waals surface area contributed by atoms with Crippen molar-refractivity contribution in [3.63, 3.8) is 0 Å². The molecule has 0 saturated carbocycles. The van der Waals surface area contributed by atoms with E-state index in [9.17, 15) is 0 Å². The third kappa shape index (κ3) is 0.942. The van der Waals surface area contributed by atoms with Gasteiger partial charge in [0.25, 0.3) is 0 Å². The molecule has 0 unspecified atom stereocenters. The maximum Gasteiger partial charge on any atom is 0.169 e. The summed E-state index contributed by atoms with van der Waals surface area (Å²) < 4.78 is 5.10. The molecule has 12 heavy (non-hydrogen) atoms. The van der Waals surface area contributed by atoms with E-state index in [1.54, 1.807) is 0 Å². The van der Waals surface area contributed by atoms with Crippen LogP contribution in [0.15, 0.2) is 22.7 Å². The van der Waals surface area contributed by atoms with E-state index in [0.717, 1.165) is 22.4 Å². The number of hydrogen-bond acceptors (Lipinski definition) is 3. The first-order chi connectivity index (χ1) is 5.81. The van der Waals surface area contributed by atoms with Crippen LogP contribution in [0.4, 0.5) is 5.69 Å². The minimum absolute atomic E-state index is 0.833. The van der Waals surface area contributed by atoms with Gasteiger partial charge in [-0.25, -0.2) is 0 Å². The van der Waals surface area contributed by atoms with Gasteiger partial charge in [-0.05, 0) is 19.1 Å². The summed E-state index contributed by atoms with van der Waals surface area (Å²) in [4.78, 5) is 0. The number of nitrogens with one attached hydrogen (secondary N) is 1. The number of aromatic nitrogens is 1. The predicted molar refractivity (Wildman–Crippen MR) is 48.3 cm³/mol. The van der Waals surface area contributed by atoms with Crippen LogP contribution in [-0.4, -0.2) is 12.2 Å². The molecular formula is C9H10N2O. The lowest BCUT2D eigenvalue weighted by atomic mass is 10.2. The molecule has 0 fully saturated rings. The number of nitrogens with zero attached hydrogens (tertiary/aromatic N) is 1. The first kappa shape index (κ1) is 7.16. The molecule has 3 heteroatoms. The highest BCUT2D eigenvalue weighted by molar-refractivity contribution is 5.82. The monoisotopic (exact) mass is 162 g/mol. The minimum Gasteiger partial charge on any atom is -0.388 e. The summed E-state index contributed by atoms with van der Waals surface area (Å²) in [6.45, 7) is 1.94. The van der Waals surface area contributed by atoms with Gasteiger partial charge in [-0.15, -0.1) is 0 Å². The van der Waals surface area contributed by atoms with Gasteiger partial charge in [0.1, 0.15) is 0 Å². The highest BCUT2D eigenvalue weighted by Crippen LogP contribution is 2.21. The van der Waals surface area contributed by atoms with E-state index >= 15 is 0 Å². The second-order valence-electron chi connectivity index (χ2n) is 2.73. The smallest absolute Gasteiger partial charge is 0.169 e. The Morgan fingerprint density at radius 1 is 1.42 bits per heavy atom. The Morgan fingerprint density at radius 2 is 2.25 bits per heavy atom. The second kappa shape index (κ2) is 2.52. The fourth-order valence-electron chi connectivity index (χ4n) is 1.22. The average molecular weight is 162 g/mol. The van der Waals surface area contributed by atoms with Crippen molar-refractivity contribution in [3.05, 3.63) is 23.9 Å². The maximum absolute atomic E-state index is 5.10. The molecule has 1 aromatic carbocycles. The van der Waals surface area contributed by atoms with Crippen LogP contribution < -0.4 is 5.32 Å². The Morgan fingerprint density at radius 3 is 3.00 bits per heavy atom. The van der Waals surface area contributed by atoms with Crippen molar-refractivity contribution in [3.8, 4) is 0 Å². The third-order valence-electron chi connectivity index (χ3n) is 1.94. The van der Waals surface area contributed by atoms with Crippen molar-refractivity contribution in [2.45, 2.75) is 6.92 Å². The van der Waals surface area contributed by atoms with Crippen LogP contribution >= 0.6 is 0 Å². The molecule has 0 aliphatic rings. The average Bonchev–Trinajstić information content (AvgIpc) is 2.47. The predicted octanol–water partition coefficient (Wildman–Crippen LogP) is 2.18. The van der Waals surface area contributed by atoms with Crippen LogP contribution in [0, 0.1) is 6.92 Å². The molecule has 62 valence electrons. The normalized spacial score (nSPS) is 10.5. The van der Waals surface area contributed by atoms with Crippen LogP contribution in [0.2, 0.25) is 0 Å². The zero-order valence-electron chi connectivity index (χ0n) is 7.09. The molecular weight excluding hydrogens is 152 g/mol. The van der Waals surface area contributed by atoms with E-state index < -0.39 is 0 Å². The number of fused-ring (bicyclic) bond motifs is 1. The number of benzene rings is 1. The Hall–Kier alpha value is -1.51. The zero-order chi connectivity index (χ0) is 8.55. The summed E-state index contributed by atoms with van der Waals surface area (Å²) >= 11 is 0. The van der Waals surface area contributed by atoms with Crippen molar-refractivity contribution in [2.75, 3.05) is 12.4 Å². The van der Waals surface area contributed by atoms with Crippen molar-refractivity contribution in [2.24, 2.45) is 0 Å². The molecule has 3 nitrogen and oxygen atoms in total. The van der Waals surface area contributed by atoms with Crippen LogP contribution in [0.25, 0.3) is 11.0 Å². The Kier molecular flexibility index (Phi) is 1.50. The highest BCUT2D eigenvalue weighted by atomic mass is 16.5. The zero-order valence-corrected chi connectivity index (χ0v) is 7.09. The van der Waals surface area contributed by atoms with E-state index in [0.29, 0.717) is 0 Å².